The lowest BCUT2D eigenvalue weighted by Gasteiger charge is -2.36. The van der Waals surface area contributed by atoms with E-state index >= 15 is 0 Å². The van der Waals surface area contributed by atoms with Crippen molar-refractivity contribution < 1.29 is 0 Å². The van der Waals surface area contributed by atoms with E-state index in [2.05, 4.69) is 84.0 Å². The lowest BCUT2D eigenvalue weighted by molar-refractivity contribution is 0.364. The van der Waals surface area contributed by atoms with E-state index in [9.17, 15) is 0 Å². The summed E-state index contributed by atoms with van der Waals surface area (Å²) in [5, 5.41) is 2.83. The number of benzene rings is 2. The fourth-order valence-corrected chi connectivity index (χ4v) is 3.57. The molecule has 0 aliphatic heterocycles. The summed E-state index contributed by atoms with van der Waals surface area (Å²) in [6.45, 7) is 14.0. The van der Waals surface area contributed by atoms with E-state index in [4.69, 9.17) is 0 Å². The average molecular weight is 278 g/mol. The van der Waals surface area contributed by atoms with Crippen LogP contribution in [-0.4, -0.2) is 0 Å². The van der Waals surface area contributed by atoms with Crippen LogP contribution in [0, 0.1) is 5.41 Å². The van der Waals surface area contributed by atoms with Gasteiger partial charge in [-0.2, -0.15) is 0 Å². The van der Waals surface area contributed by atoms with Crippen molar-refractivity contribution in [2.45, 2.75) is 52.9 Å². The van der Waals surface area contributed by atoms with Crippen LogP contribution in [0.1, 0.15) is 64.2 Å². The first-order chi connectivity index (χ1) is 9.69. The first-order valence-corrected chi connectivity index (χ1v) is 7.94. The monoisotopic (exact) mass is 278 g/mol. The zero-order chi connectivity index (χ0) is 15.4. The van der Waals surface area contributed by atoms with Gasteiger partial charge in [-0.15, -0.1) is 0 Å². The van der Waals surface area contributed by atoms with Gasteiger partial charge < -0.3 is 0 Å². The molecule has 0 bridgehead atoms. The van der Waals surface area contributed by atoms with E-state index in [0.717, 1.165) is 0 Å². The summed E-state index contributed by atoms with van der Waals surface area (Å²) in [7, 11) is 0. The van der Waals surface area contributed by atoms with Crippen molar-refractivity contribution >= 4 is 16.8 Å². The van der Waals surface area contributed by atoms with Crippen LogP contribution in [0.5, 0.6) is 0 Å². The molecule has 1 unspecified atom stereocenters. The van der Waals surface area contributed by atoms with Gasteiger partial charge in [0, 0.05) is 5.92 Å². The Balaban J connectivity index is 2.43. The molecule has 2 aromatic carbocycles. The fourth-order valence-electron chi connectivity index (χ4n) is 3.57. The van der Waals surface area contributed by atoms with Gasteiger partial charge in [-0.3, -0.25) is 0 Å². The maximum Gasteiger partial charge on any atom is 0.00792 e. The molecule has 2 aromatic rings. The highest BCUT2D eigenvalue weighted by atomic mass is 14.4. The van der Waals surface area contributed by atoms with E-state index < -0.39 is 0 Å². The molecular weight excluding hydrogens is 252 g/mol. The molecule has 0 amide bonds. The van der Waals surface area contributed by atoms with Crippen LogP contribution in [0.15, 0.2) is 36.4 Å². The molecule has 0 spiro atoms. The zero-order valence-electron chi connectivity index (χ0n) is 14.1. The first-order valence-electron chi connectivity index (χ1n) is 7.94. The maximum atomic E-state index is 2.41. The van der Waals surface area contributed by atoms with Gasteiger partial charge in [-0.25, -0.2) is 0 Å². The average Bonchev–Trinajstić information content (AvgIpc) is 2.36. The van der Waals surface area contributed by atoms with Crippen LogP contribution in [0.4, 0.5) is 0 Å². The quantitative estimate of drug-likeness (QED) is 0.531. The molecule has 1 aliphatic carbocycles. The number of allylic oxidation sites excluding steroid dienone is 1. The highest BCUT2D eigenvalue weighted by Gasteiger charge is 2.32. The van der Waals surface area contributed by atoms with Gasteiger partial charge in [-0.1, -0.05) is 84.0 Å². The zero-order valence-corrected chi connectivity index (χ0v) is 14.1. The van der Waals surface area contributed by atoms with Gasteiger partial charge in [0.05, 0.1) is 0 Å². The Morgan fingerprint density at radius 2 is 1.57 bits per heavy atom. The predicted molar refractivity (Wildman–Crippen MR) is 93.9 cm³/mol. The highest BCUT2D eigenvalue weighted by Crippen LogP contribution is 2.47. The molecule has 0 saturated carbocycles. The second-order valence-electron chi connectivity index (χ2n) is 8.42. The third kappa shape index (κ3) is 2.31. The predicted octanol–water partition coefficient (Wildman–Crippen LogP) is 6.29. The molecule has 21 heavy (non-hydrogen) atoms. The molecule has 110 valence electrons. The van der Waals surface area contributed by atoms with Gasteiger partial charge in [0.25, 0.3) is 0 Å². The van der Waals surface area contributed by atoms with Crippen LogP contribution >= 0.6 is 0 Å². The van der Waals surface area contributed by atoms with Gasteiger partial charge in [0.2, 0.25) is 0 Å². The van der Waals surface area contributed by atoms with Crippen molar-refractivity contribution in [3.8, 4) is 0 Å². The summed E-state index contributed by atoms with van der Waals surface area (Å²) in [4.78, 5) is 0. The van der Waals surface area contributed by atoms with Crippen molar-refractivity contribution in [3.63, 3.8) is 0 Å². The second kappa shape index (κ2) is 4.47. The number of hydrogen-bond donors (Lipinski definition) is 0. The van der Waals surface area contributed by atoms with Gasteiger partial charge >= 0.3 is 0 Å². The van der Waals surface area contributed by atoms with Crippen molar-refractivity contribution in [1.29, 1.82) is 0 Å². The van der Waals surface area contributed by atoms with E-state index in [1.807, 2.05) is 0 Å². The Hall–Kier alpha value is -1.56. The molecular formula is C21H26. The van der Waals surface area contributed by atoms with Gasteiger partial charge in [0.15, 0.2) is 0 Å². The standard InChI is InChI=1S/C21H26/c1-20(2,3)16-12-10-14-8-7-9-15-11-13-17(21(4,5)6)19(16)18(14)15/h7-13,16H,1-6H3. The first kappa shape index (κ1) is 14.4. The summed E-state index contributed by atoms with van der Waals surface area (Å²) in [6, 6.07) is 11.3. The maximum absolute atomic E-state index is 2.41. The molecule has 0 aromatic heterocycles. The molecule has 0 radical (unpaired) electrons. The van der Waals surface area contributed by atoms with E-state index in [0.29, 0.717) is 5.92 Å². The molecule has 0 heterocycles. The second-order valence-corrected chi connectivity index (χ2v) is 8.42. The lowest BCUT2D eigenvalue weighted by Crippen LogP contribution is -2.24. The third-order valence-corrected chi connectivity index (χ3v) is 4.64. The fraction of sp³-hybridized carbons (Fsp3) is 0.429. The minimum atomic E-state index is 0.172. The number of rotatable bonds is 0. The largest absolute Gasteiger partial charge is 0.0758 e. The minimum Gasteiger partial charge on any atom is -0.0758 e. The Morgan fingerprint density at radius 1 is 0.857 bits per heavy atom. The van der Waals surface area contributed by atoms with Gasteiger partial charge in [0.1, 0.15) is 0 Å². The van der Waals surface area contributed by atoms with Crippen LogP contribution in [-0.2, 0) is 5.41 Å². The van der Waals surface area contributed by atoms with Crippen LogP contribution < -0.4 is 0 Å². The van der Waals surface area contributed by atoms with E-state index in [-0.39, 0.29) is 10.8 Å². The van der Waals surface area contributed by atoms with Crippen molar-refractivity contribution in [1.82, 2.24) is 0 Å². The van der Waals surface area contributed by atoms with E-state index in [1.54, 1.807) is 5.56 Å². The Kier molecular flexibility index (Phi) is 3.06. The molecule has 1 atom stereocenters. The Labute approximate surface area is 128 Å². The molecule has 1 aliphatic rings. The van der Waals surface area contributed by atoms with Crippen LogP contribution in [0.25, 0.3) is 16.8 Å². The summed E-state index contributed by atoms with van der Waals surface area (Å²) >= 11 is 0. The summed E-state index contributed by atoms with van der Waals surface area (Å²) in [6.07, 6.45) is 4.73. The summed E-state index contributed by atoms with van der Waals surface area (Å²) < 4.78 is 0. The van der Waals surface area contributed by atoms with Crippen LogP contribution in [0.3, 0.4) is 0 Å². The van der Waals surface area contributed by atoms with Gasteiger partial charge in [-0.05, 0) is 38.3 Å². The van der Waals surface area contributed by atoms with Crippen LogP contribution in [0.2, 0.25) is 0 Å². The van der Waals surface area contributed by atoms with Crippen molar-refractivity contribution in [2.24, 2.45) is 5.41 Å². The molecule has 0 heteroatoms. The van der Waals surface area contributed by atoms with Crippen molar-refractivity contribution in [2.75, 3.05) is 0 Å². The highest BCUT2D eigenvalue weighted by molar-refractivity contribution is 5.96. The topological polar surface area (TPSA) is 0 Å². The normalized spacial score (nSPS) is 18.3. The molecule has 0 nitrogen and oxygen atoms in total. The summed E-state index contributed by atoms with van der Waals surface area (Å²) in [5.41, 5.74) is 4.82. The smallest absolute Gasteiger partial charge is 0.00792 e. The van der Waals surface area contributed by atoms with E-state index in [1.165, 1.54) is 21.9 Å². The third-order valence-electron chi connectivity index (χ3n) is 4.64. The molecule has 0 fully saturated rings. The molecule has 0 N–H and O–H groups in total. The molecule has 0 saturated heterocycles. The number of hydrogen-bond acceptors (Lipinski definition) is 0. The minimum absolute atomic E-state index is 0.172. The SMILES string of the molecule is CC(C)(C)c1ccc2cccc3c2c1C(C(C)(C)C)C=C3. The van der Waals surface area contributed by atoms with Crippen molar-refractivity contribution in [3.05, 3.63) is 53.1 Å². The summed E-state index contributed by atoms with van der Waals surface area (Å²) in [5.74, 6) is 0.477. The Morgan fingerprint density at radius 3 is 2.19 bits per heavy atom. The Bertz CT molecular complexity index is 718. The molecule has 3 rings (SSSR count). The lowest BCUT2D eigenvalue weighted by atomic mass is 9.67.